The van der Waals surface area contributed by atoms with E-state index in [1.54, 1.807) is 0 Å². The van der Waals surface area contributed by atoms with Crippen LogP contribution in [0.3, 0.4) is 0 Å². The average Bonchev–Trinajstić information content (AvgIpc) is 3.28. The summed E-state index contributed by atoms with van der Waals surface area (Å²) in [5, 5.41) is 0.650. The fraction of sp³-hybridized carbons (Fsp3) is 0.538. The highest BCUT2D eigenvalue weighted by Gasteiger charge is 2.54. The predicted octanol–water partition coefficient (Wildman–Crippen LogP) is 2.61. The molecule has 0 saturated heterocycles. The molecule has 1 heterocycles. The Hall–Kier alpha value is -1.77. The van der Waals surface area contributed by atoms with Crippen LogP contribution in [0, 0.1) is 5.92 Å². The van der Waals surface area contributed by atoms with Crippen LogP contribution in [0.25, 0.3) is 0 Å². The van der Waals surface area contributed by atoms with Crippen molar-refractivity contribution in [2.24, 2.45) is 5.92 Å². The second kappa shape index (κ2) is 5.79. The van der Waals surface area contributed by atoms with Crippen molar-refractivity contribution < 1.29 is 26.7 Å². The summed E-state index contributed by atoms with van der Waals surface area (Å²) in [6, 6.07) is 1.96. The van der Waals surface area contributed by atoms with E-state index in [1.165, 1.54) is 0 Å². The third-order valence-electron chi connectivity index (χ3n) is 3.33. The summed E-state index contributed by atoms with van der Waals surface area (Å²) in [4.78, 5) is 15.2. The molecule has 22 heavy (non-hydrogen) atoms. The van der Waals surface area contributed by atoms with Crippen LogP contribution in [0.15, 0.2) is 18.3 Å². The van der Waals surface area contributed by atoms with Crippen molar-refractivity contribution in [2.45, 2.75) is 31.5 Å². The van der Waals surface area contributed by atoms with Crippen LogP contribution in [0.5, 0.6) is 0 Å². The summed E-state index contributed by atoms with van der Waals surface area (Å²) in [5.74, 6) is -5.70. The Bertz CT molecular complexity index is 540. The number of rotatable bonds is 5. The lowest BCUT2D eigenvalue weighted by molar-refractivity contribution is -0.162. The van der Waals surface area contributed by atoms with Gasteiger partial charge in [-0.05, 0) is 25.0 Å². The number of carbonyl (C=O) groups is 1. The molecule has 0 aromatic carbocycles. The molecule has 1 amide bonds. The maximum absolute atomic E-state index is 13.6. The summed E-state index contributed by atoms with van der Waals surface area (Å²) in [6.45, 7) is -0.138. The van der Waals surface area contributed by atoms with Crippen molar-refractivity contribution in [1.82, 2.24) is 15.4 Å². The lowest BCUT2D eigenvalue weighted by atomic mass is 10.2. The first kappa shape index (κ1) is 16.6. The molecule has 0 unspecified atom stereocenters. The van der Waals surface area contributed by atoms with Gasteiger partial charge in [0, 0.05) is 19.2 Å². The highest BCUT2D eigenvalue weighted by Crippen LogP contribution is 2.44. The van der Waals surface area contributed by atoms with Gasteiger partial charge in [-0.1, -0.05) is 0 Å². The zero-order valence-corrected chi connectivity index (χ0v) is 11.6. The van der Waals surface area contributed by atoms with Gasteiger partial charge in [-0.3, -0.25) is 14.8 Å². The van der Waals surface area contributed by atoms with Gasteiger partial charge in [-0.15, -0.1) is 0 Å². The standard InChI is InChI=1S/C13H14F5N3O/c1-21(11(22)12(14,15)8-2-3-8)20-7-10-5-4-9(6-19-10)13(16,17)18/h4-6,8,20H,2-3,7H2,1H3. The number of nitrogens with zero attached hydrogens (tertiary/aromatic N) is 2. The first-order valence-electron chi connectivity index (χ1n) is 6.54. The molecule has 1 aliphatic rings. The Morgan fingerprint density at radius 2 is 1.95 bits per heavy atom. The summed E-state index contributed by atoms with van der Waals surface area (Å²) < 4.78 is 64.3. The first-order chi connectivity index (χ1) is 10.1. The monoisotopic (exact) mass is 323 g/mol. The van der Waals surface area contributed by atoms with E-state index in [4.69, 9.17) is 0 Å². The lowest BCUT2D eigenvalue weighted by Gasteiger charge is -2.23. The fourth-order valence-electron chi connectivity index (χ4n) is 1.81. The number of nitrogens with one attached hydrogen (secondary N) is 1. The summed E-state index contributed by atoms with van der Waals surface area (Å²) >= 11 is 0. The molecule has 0 aliphatic heterocycles. The zero-order chi connectivity index (χ0) is 16.5. The Kier molecular flexibility index (Phi) is 4.37. The third kappa shape index (κ3) is 3.70. The molecular formula is C13H14F5N3O. The molecule has 1 fully saturated rings. The number of pyridine rings is 1. The molecule has 0 spiro atoms. The largest absolute Gasteiger partial charge is 0.417 e. The molecule has 0 atom stereocenters. The van der Waals surface area contributed by atoms with E-state index >= 15 is 0 Å². The molecular weight excluding hydrogens is 309 g/mol. The van der Waals surface area contributed by atoms with E-state index in [2.05, 4.69) is 10.4 Å². The Labute approximate surface area is 123 Å². The quantitative estimate of drug-likeness (QED) is 0.669. The molecule has 122 valence electrons. The minimum Gasteiger partial charge on any atom is -0.276 e. The molecule has 1 saturated carbocycles. The number of hydrazine groups is 1. The van der Waals surface area contributed by atoms with Gasteiger partial charge in [0.05, 0.1) is 17.8 Å². The van der Waals surface area contributed by atoms with Crippen LogP contribution < -0.4 is 5.43 Å². The van der Waals surface area contributed by atoms with Crippen molar-refractivity contribution in [1.29, 1.82) is 0 Å². The number of alkyl halides is 5. The van der Waals surface area contributed by atoms with Crippen molar-refractivity contribution in [3.05, 3.63) is 29.6 Å². The number of hydrogen-bond acceptors (Lipinski definition) is 3. The maximum Gasteiger partial charge on any atom is 0.417 e. The van der Waals surface area contributed by atoms with Crippen molar-refractivity contribution in [2.75, 3.05) is 7.05 Å². The predicted molar refractivity (Wildman–Crippen MR) is 66.5 cm³/mol. The Morgan fingerprint density at radius 3 is 2.41 bits per heavy atom. The number of aromatic nitrogens is 1. The smallest absolute Gasteiger partial charge is 0.276 e. The highest BCUT2D eigenvalue weighted by atomic mass is 19.4. The second-order valence-electron chi connectivity index (χ2n) is 5.13. The maximum atomic E-state index is 13.6. The SMILES string of the molecule is CN(NCc1ccc(C(F)(F)F)cn1)C(=O)C(F)(F)C1CC1. The minimum absolute atomic E-state index is 0.138. The van der Waals surface area contributed by atoms with Crippen LogP contribution in [0.2, 0.25) is 0 Å². The number of carbonyl (C=O) groups excluding carboxylic acids is 1. The van der Waals surface area contributed by atoms with E-state index < -0.39 is 29.5 Å². The van der Waals surface area contributed by atoms with E-state index in [1.807, 2.05) is 0 Å². The Balaban J connectivity index is 1.91. The van der Waals surface area contributed by atoms with Gasteiger partial charge in [-0.2, -0.15) is 22.0 Å². The van der Waals surface area contributed by atoms with Crippen LogP contribution in [-0.4, -0.2) is 28.9 Å². The van der Waals surface area contributed by atoms with Crippen LogP contribution in [0.1, 0.15) is 24.1 Å². The van der Waals surface area contributed by atoms with E-state index in [-0.39, 0.29) is 12.2 Å². The molecule has 1 aliphatic carbocycles. The zero-order valence-electron chi connectivity index (χ0n) is 11.6. The molecule has 1 N–H and O–H groups in total. The molecule has 0 radical (unpaired) electrons. The van der Waals surface area contributed by atoms with Gasteiger partial charge >= 0.3 is 18.0 Å². The second-order valence-corrected chi connectivity index (χ2v) is 5.13. The molecule has 2 rings (SSSR count). The van der Waals surface area contributed by atoms with Gasteiger partial charge in [-0.25, -0.2) is 5.43 Å². The van der Waals surface area contributed by atoms with Gasteiger partial charge in [0.15, 0.2) is 0 Å². The molecule has 4 nitrogen and oxygen atoms in total. The number of hydrogen-bond donors (Lipinski definition) is 1. The molecule has 9 heteroatoms. The van der Waals surface area contributed by atoms with E-state index in [0.717, 1.165) is 19.2 Å². The van der Waals surface area contributed by atoms with Gasteiger partial charge < -0.3 is 0 Å². The van der Waals surface area contributed by atoms with E-state index in [0.29, 0.717) is 24.0 Å². The first-order valence-corrected chi connectivity index (χ1v) is 6.54. The average molecular weight is 323 g/mol. The van der Waals surface area contributed by atoms with Crippen molar-refractivity contribution >= 4 is 5.91 Å². The van der Waals surface area contributed by atoms with Gasteiger partial charge in [0.1, 0.15) is 0 Å². The van der Waals surface area contributed by atoms with Crippen LogP contribution >= 0.6 is 0 Å². The van der Waals surface area contributed by atoms with Crippen LogP contribution in [-0.2, 0) is 17.5 Å². The van der Waals surface area contributed by atoms with Gasteiger partial charge in [0.25, 0.3) is 0 Å². The normalized spacial score (nSPS) is 15.7. The van der Waals surface area contributed by atoms with Gasteiger partial charge in [0.2, 0.25) is 0 Å². The fourth-order valence-corrected chi connectivity index (χ4v) is 1.81. The molecule has 1 aromatic rings. The van der Waals surface area contributed by atoms with Crippen LogP contribution in [0.4, 0.5) is 22.0 Å². The topological polar surface area (TPSA) is 45.2 Å². The summed E-state index contributed by atoms with van der Waals surface area (Å²) in [7, 11) is 1.14. The lowest BCUT2D eigenvalue weighted by Crippen LogP contribution is -2.49. The third-order valence-corrected chi connectivity index (χ3v) is 3.33. The molecule has 1 aromatic heterocycles. The van der Waals surface area contributed by atoms with Crippen molar-refractivity contribution in [3.63, 3.8) is 0 Å². The number of halogens is 5. The highest BCUT2D eigenvalue weighted by molar-refractivity contribution is 5.83. The Morgan fingerprint density at radius 1 is 1.32 bits per heavy atom. The number of amides is 1. The minimum atomic E-state index is -4.49. The summed E-state index contributed by atoms with van der Waals surface area (Å²) in [6.07, 6.45) is -3.21. The van der Waals surface area contributed by atoms with E-state index in [9.17, 15) is 26.7 Å². The van der Waals surface area contributed by atoms with Crippen molar-refractivity contribution in [3.8, 4) is 0 Å². The molecule has 0 bridgehead atoms. The summed E-state index contributed by atoms with van der Waals surface area (Å²) in [5.41, 5.74) is 1.70.